The molecule has 0 fully saturated rings. The van der Waals surface area contributed by atoms with Crippen LogP contribution in [0.5, 0.6) is 11.5 Å². The molecule has 49 heavy (non-hydrogen) atoms. The maximum Gasteiger partial charge on any atom is 0.272 e. The van der Waals surface area contributed by atoms with E-state index < -0.39 is 17.1 Å². The van der Waals surface area contributed by atoms with Gasteiger partial charge < -0.3 is 25.4 Å². The molecule has 3 amide bonds. The van der Waals surface area contributed by atoms with Crippen LogP contribution in [0.15, 0.2) is 132 Å². The SMILES string of the molecule is COc1ccc(NC(=O)C(Sc2cccc(NC(=O)/C(=C\c3c(Cl)cccc3Cl)NC(=O)c3ccccc3)c2)c2ccccc2)c(OC)c1. The van der Waals surface area contributed by atoms with Crippen molar-refractivity contribution < 1.29 is 23.9 Å². The Balaban J connectivity index is 1.40. The molecule has 1 unspecified atom stereocenters. The molecule has 0 saturated heterocycles. The zero-order valence-corrected chi connectivity index (χ0v) is 28.7. The molecular weight excluding hydrogens is 681 g/mol. The molecule has 0 aliphatic heterocycles. The van der Waals surface area contributed by atoms with E-state index in [1.165, 1.54) is 24.9 Å². The number of hydrogen-bond donors (Lipinski definition) is 3. The highest BCUT2D eigenvalue weighted by atomic mass is 35.5. The van der Waals surface area contributed by atoms with Gasteiger partial charge >= 0.3 is 0 Å². The third-order valence-corrected chi connectivity index (χ3v) is 9.08. The number of halogens is 2. The average Bonchev–Trinajstić information content (AvgIpc) is 3.12. The Morgan fingerprint density at radius 3 is 2.08 bits per heavy atom. The Bertz CT molecular complexity index is 1970. The molecule has 8 nitrogen and oxygen atoms in total. The number of rotatable bonds is 12. The van der Waals surface area contributed by atoms with Gasteiger partial charge in [-0.05, 0) is 66.2 Å². The zero-order chi connectivity index (χ0) is 34.8. The molecule has 5 aromatic rings. The second-order valence-electron chi connectivity index (χ2n) is 10.5. The van der Waals surface area contributed by atoms with E-state index in [0.717, 1.165) is 5.56 Å². The lowest BCUT2D eigenvalue weighted by Gasteiger charge is -2.19. The van der Waals surface area contributed by atoms with Crippen LogP contribution in [0.25, 0.3) is 6.08 Å². The molecule has 3 N–H and O–H groups in total. The van der Waals surface area contributed by atoms with Gasteiger partial charge in [-0.15, -0.1) is 11.8 Å². The van der Waals surface area contributed by atoms with Crippen LogP contribution in [0.3, 0.4) is 0 Å². The van der Waals surface area contributed by atoms with Gasteiger partial charge in [0.25, 0.3) is 11.8 Å². The van der Waals surface area contributed by atoms with Crippen LogP contribution in [0.4, 0.5) is 11.4 Å². The third kappa shape index (κ3) is 9.23. The number of methoxy groups -OCH3 is 2. The third-order valence-electron chi connectivity index (χ3n) is 7.17. The van der Waals surface area contributed by atoms with Crippen molar-refractivity contribution in [2.75, 3.05) is 24.9 Å². The molecule has 11 heteroatoms. The van der Waals surface area contributed by atoms with E-state index >= 15 is 0 Å². The minimum atomic E-state index is -0.665. The van der Waals surface area contributed by atoms with E-state index in [2.05, 4.69) is 16.0 Å². The topological polar surface area (TPSA) is 106 Å². The number of nitrogens with one attached hydrogen (secondary N) is 3. The fraction of sp³-hybridized carbons (Fsp3) is 0.0789. The molecular formula is C38H31Cl2N3O5S. The average molecular weight is 713 g/mol. The predicted octanol–water partition coefficient (Wildman–Crippen LogP) is 8.89. The summed E-state index contributed by atoms with van der Waals surface area (Å²) in [5.74, 6) is -0.323. The second-order valence-corrected chi connectivity index (χ2v) is 12.5. The summed E-state index contributed by atoms with van der Waals surface area (Å²) in [5.41, 5.74) is 2.37. The molecule has 248 valence electrons. The van der Waals surface area contributed by atoms with Crippen molar-refractivity contribution in [2.24, 2.45) is 0 Å². The van der Waals surface area contributed by atoms with Gasteiger partial charge in [-0.3, -0.25) is 14.4 Å². The van der Waals surface area contributed by atoms with Crippen molar-refractivity contribution in [3.63, 3.8) is 0 Å². The monoisotopic (exact) mass is 711 g/mol. The van der Waals surface area contributed by atoms with Gasteiger partial charge in [0.2, 0.25) is 5.91 Å². The molecule has 0 aromatic heterocycles. The van der Waals surface area contributed by atoms with E-state index in [1.807, 2.05) is 36.4 Å². The summed E-state index contributed by atoms with van der Waals surface area (Å²) in [6.07, 6.45) is 1.43. The highest BCUT2D eigenvalue weighted by molar-refractivity contribution is 8.00. The molecule has 0 radical (unpaired) electrons. The Morgan fingerprint density at radius 2 is 1.41 bits per heavy atom. The summed E-state index contributed by atoms with van der Waals surface area (Å²) in [7, 11) is 3.07. The van der Waals surface area contributed by atoms with Crippen molar-refractivity contribution in [1.82, 2.24) is 5.32 Å². The summed E-state index contributed by atoms with van der Waals surface area (Å²) < 4.78 is 10.8. The lowest BCUT2D eigenvalue weighted by atomic mass is 10.1. The summed E-state index contributed by atoms with van der Waals surface area (Å²) in [5, 5.41) is 8.48. The molecule has 0 saturated carbocycles. The number of hydrogen-bond acceptors (Lipinski definition) is 6. The number of thioether (sulfide) groups is 1. The van der Waals surface area contributed by atoms with Gasteiger partial charge in [0.05, 0.1) is 19.9 Å². The van der Waals surface area contributed by atoms with Gasteiger partial charge in [0.1, 0.15) is 22.4 Å². The Morgan fingerprint density at radius 1 is 0.735 bits per heavy atom. The van der Waals surface area contributed by atoms with E-state index in [1.54, 1.807) is 92.0 Å². The first-order valence-electron chi connectivity index (χ1n) is 14.9. The largest absolute Gasteiger partial charge is 0.497 e. The maximum absolute atomic E-state index is 13.8. The van der Waals surface area contributed by atoms with Gasteiger partial charge in [-0.1, -0.05) is 83.9 Å². The van der Waals surface area contributed by atoms with Crippen molar-refractivity contribution in [1.29, 1.82) is 0 Å². The normalized spacial score (nSPS) is 11.6. The summed E-state index contributed by atoms with van der Waals surface area (Å²) >= 11 is 14.1. The van der Waals surface area contributed by atoms with Gasteiger partial charge in [-0.25, -0.2) is 0 Å². The van der Waals surface area contributed by atoms with E-state index in [0.29, 0.717) is 48.9 Å². The number of carbonyl (C=O) groups is 3. The number of ether oxygens (including phenoxy) is 2. The molecule has 0 aliphatic rings. The molecule has 0 aliphatic carbocycles. The highest BCUT2D eigenvalue weighted by Gasteiger charge is 2.24. The predicted molar refractivity (Wildman–Crippen MR) is 197 cm³/mol. The Kier molecular flexibility index (Phi) is 12.0. The fourth-order valence-electron chi connectivity index (χ4n) is 4.72. The van der Waals surface area contributed by atoms with E-state index in [4.69, 9.17) is 32.7 Å². The lowest BCUT2D eigenvalue weighted by Crippen LogP contribution is -2.30. The van der Waals surface area contributed by atoms with Gasteiger partial charge in [0.15, 0.2) is 0 Å². The molecule has 1 atom stereocenters. The van der Waals surface area contributed by atoms with Crippen LogP contribution in [0.2, 0.25) is 10.0 Å². The smallest absolute Gasteiger partial charge is 0.272 e. The zero-order valence-electron chi connectivity index (χ0n) is 26.4. The van der Waals surface area contributed by atoms with Crippen LogP contribution in [-0.4, -0.2) is 31.9 Å². The van der Waals surface area contributed by atoms with E-state index in [-0.39, 0.29) is 11.6 Å². The summed E-state index contributed by atoms with van der Waals surface area (Å²) in [6.45, 7) is 0. The Labute approximate surface area is 298 Å². The first-order chi connectivity index (χ1) is 23.7. The maximum atomic E-state index is 13.8. The van der Waals surface area contributed by atoms with Gasteiger partial charge in [0, 0.05) is 37.8 Å². The standard InChI is InChI=1S/C38H31Cl2N3O5S/c1-47-27-19-20-32(34(22-27)48-2)42-38(46)35(24-11-5-3-6-12-24)49-28-16-9-15-26(21-28)41-37(45)33(23-29-30(39)17-10-18-31(29)40)43-36(44)25-13-7-4-8-14-25/h3-23,35H,1-2H3,(H,41,45)(H,42,46)(H,43,44)/b33-23+. The molecule has 0 heterocycles. The van der Waals surface area contributed by atoms with Crippen LogP contribution < -0.4 is 25.4 Å². The van der Waals surface area contributed by atoms with Crippen LogP contribution >= 0.6 is 35.0 Å². The van der Waals surface area contributed by atoms with E-state index in [9.17, 15) is 14.4 Å². The fourth-order valence-corrected chi connectivity index (χ4v) is 6.31. The van der Waals surface area contributed by atoms with Crippen molar-refractivity contribution >= 4 is 70.1 Å². The highest BCUT2D eigenvalue weighted by Crippen LogP contribution is 2.38. The molecule has 5 aromatic carbocycles. The van der Waals surface area contributed by atoms with Crippen LogP contribution in [0, 0.1) is 0 Å². The van der Waals surface area contributed by atoms with Gasteiger partial charge in [-0.2, -0.15) is 0 Å². The summed E-state index contributed by atoms with van der Waals surface area (Å²) in [6, 6.07) is 35.0. The molecule has 5 rings (SSSR count). The number of anilines is 2. The number of benzene rings is 5. The number of carbonyl (C=O) groups excluding carboxylic acids is 3. The lowest BCUT2D eigenvalue weighted by molar-refractivity contribution is -0.116. The molecule has 0 bridgehead atoms. The summed E-state index contributed by atoms with van der Waals surface area (Å²) in [4.78, 5) is 41.3. The van der Waals surface area contributed by atoms with Crippen molar-refractivity contribution in [3.8, 4) is 11.5 Å². The van der Waals surface area contributed by atoms with Crippen LogP contribution in [-0.2, 0) is 9.59 Å². The number of amides is 3. The minimum absolute atomic E-state index is 0.0723. The minimum Gasteiger partial charge on any atom is -0.497 e. The van der Waals surface area contributed by atoms with Crippen LogP contribution in [0.1, 0.15) is 26.7 Å². The first-order valence-corrected chi connectivity index (χ1v) is 16.6. The quantitative estimate of drug-likeness (QED) is 0.0882. The Hall–Kier alpha value is -5.22. The molecule has 0 spiro atoms. The second kappa shape index (κ2) is 16.7. The van der Waals surface area contributed by atoms with Crippen molar-refractivity contribution in [3.05, 3.63) is 154 Å². The van der Waals surface area contributed by atoms with Crippen molar-refractivity contribution in [2.45, 2.75) is 10.1 Å². The first kappa shape index (κ1) is 35.1.